The molecule has 1 N–H and O–H groups in total. The van der Waals surface area contributed by atoms with E-state index in [4.69, 9.17) is 16.3 Å². The van der Waals surface area contributed by atoms with E-state index < -0.39 is 11.7 Å². The molecule has 0 saturated carbocycles. The first kappa shape index (κ1) is 22.5. The van der Waals surface area contributed by atoms with E-state index in [0.717, 1.165) is 11.3 Å². The van der Waals surface area contributed by atoms with Crippen molar-refractivity contribution in [3.05, 3.63) is 88.7 Å². The van der Waals surface area contributed by atoms with Crippen LogP contribution in [0.2, 0.25) is 5.02 Å². The number of hydrogen-bond acceptors (Lipinski definition) is 3. The summed E-state index contributed by atoms with van der Waals surface area (Å²) in [6.07, 6.45) is 1.71. The van der Waals surface area contributed by atoms with Crippen molar-refractivity contribution >= 4 is 35.1 Å². The van der Waals surface area contributed by atoms with Crippen LogP contribution >= 0.6 is 11.6 Å². The standard InChI is InChI=1S/C25H24ClFN2O2/c1-25(2,3)18-9-11-19(12-10-18)28-15-17-8-13-23(20(26)14-17)31-16-24(30)29-22-7-5-4-6-21(22)27/h4-15H,16H2,1-3H3,(H,29,30). The summed E-state index contributed by atoms with van der Waals surface area (Å²) >= 11 is 6.27. The monoisotopic (exact) mass is 438 g/mol. The fourth-order valence-corrected chi connectivity index (χ4v) is 3.05. The van der Waals surface area contributed by atoms with E-state index in [1.165, 1.54) is 17.7 Å². The van der Waals surface area contributed by atoms with Crippen LogP contribution in [0.15, 0.2) is 71.7 Å². The molecule has 0 atom stereocenters. The lowest BCUT2D eigenvalue weighted by Gasteiger charge is -2.18. The molecule has 0 radical (unpaired) electrons. The number of rotatable bonds is 6. The predicted octanol–water partition coefficient (Wildman–Crippen LogP) is 6.54. The molecule has 0 aliphatic carbocycles. The number of amides is 1. The molecule has 6 heteroatoms. The van der Waals surface area contributed by atoms with Gasteiger partial charge < -0.3 is 10.1 Å². The fraction of sp³-hybridized carbons (Fsp3) is 0.200. The number of carbonyl (C=O) groups excluding carboxylic acids is 1. The van der Waals surface area contributed by atoms with Gasteiger partial charge in [-0.05, 0) is 59.0 Å². The van der Waals surface area contributed by atoms with Gasteiger partial charge >= 0.3 is 0 Å². The first-order valence-corrected chi connectivity index (χ1v) is 10.2. The zero-order chi connectivity index (χ0) is 22.4. The minimum Gasteiger partial charge on any atom is -0.482 e. The van der Waals surface area contributed by atoms with Crippen LogP contribution in [0.3, 0.4) is 0 Å². The van der Waals surface area contributed by atoms with Gasteiger partial charge in [0, 0.05) is 6.21 Å². The molecule has 0 unspecified atom stereocenters. The number of benzene rings is 3. The Morgan fingerprint density at radius 3 is 2.45 bits per heavy atom. The Hall–Kier alpha value is -3.18. The SMILES string of the molecule is CC(C)(C)c1ccc(N=Cc2ccc(OCC(=O)Nc3ccccc3F)c(Cl)c2)cc1. The summed E-state index contributed by atoms with van der Waals surface area (Å²) in [4.78, 5) is 16.5. The van der Waals surface area contributed by atoms with Gasteiger partial charge in [-0.1, -0.05) is 56.6 Å². The molecule has 0 aromatic heterocycles. The highest BCUT2D eigenvalue weighted by atomic mass is 35.5. The van der Waals surface area contributed by atoms with Crippen LogP contribution in [0.1, 0.15) is 31.9 Å². The van der Waals surface area contributed by atoms with Crippen LogP contribution in [0, 0.1) is 5.82 Å². The topological polar surface area (TPSA) is 50.7 Å². The first-order chi connectivity index (χ1) is 14.7. The molecule has 3 aromatic rings. The van der Waals surface area contributed by atoms with E-state index >= 15 is 0 Å². The molecule has 0 bridgehead atoms. The average Bonchev–Trinajstić information content (AvgIpc) is 2.73. The number of aliphatic imine (C=N–C) groups is 1. The molecule has 1 amide bonds. The van der Waals surface area contributed by atoms with E-state index in [1.807, 2.05) is 12.1 Å². The number of nitrogens with one attached hydrogen (secondary N) is 1. The molecule has 0 saturated heterocycles. The summed E-state index contributed by atoms with van der Waals surface area (Å²) in [5.41, 5.74) is 3.08. The van der Waals surface area contributed by atoms with Crippen LogP contribution in [-0.2, 0) is 10.2 Å². The van der Waals surface area contributed by atoms with Crippen LogP contribution in [0.25, 0.3) is 0 Å². The van der Waals surface area contributed by atoms with Gasteiger partial charge in [0.25, 0.3) is 5.91 Å². The van der Waals surface area contributed by atoms with Crippen molar-refractivity contribution in [3.63, 3.8) is 0 Å². The van der Waals surface area contributed by atoms with Crippen LogP contribution in [0.5, 0.6) is 5.75 Å². The highest BCUT2D eigenvalue weighted by Gasteiger charge is 2.12. The smallest absolute Gasteiger partial charge is 0.262 e. The quantitative estimate of drug-likeness (QED) is 0.444. The van der Waals surface area contributed by atoms with E-state index in [-0.39, 0.29) is 17.7 Å². The number of carbonyl (C=O) groups is 1. The van der Waals surface area contributed by atoms with Gasteiger partial charge in [0.2, 0.25) is 0 Å². The lowest BCUT2D eigenvalue weighted by atomic mass is 9.87. The van der Waals surface area contributed by atoms with E-state index in [9.17, 15) is 9.18 Å². The molecule has 0 spiro atoms. The summed E-state index contributed by atoms with van der Waals surface area (Å²) in [5.74, 6) is -0.631. The molecule has 3 rings (SSSR count). The van der Waals surface area contributed by atoms with Crippen LogP contribution in [0.4, 0.5) is 15.8 Å². The lowest BCUT2D eigenvalue weighted by molar-refractivity contribution is -0.118. The van der Waals surface area contributed by atoms with Gasteiger partial charge in [0.1, 0.15) is 11.6 Å². The number of hydrogen-bond donors (Lipinski definition) is 1. The third-order valence-electron chi connectivity index (χ3n) is 4.56. The third-order valence-corrected chi connectivity index (χ3v) is 4.85. The minimum atomic E-state index is -0.509. The zero-order valence-corrected chi connectivity index (χ0v) is 18.4. The molecule has 0 aliphatic rings. The number of nitrogens with zero attached hydrogens (tertiary/aromatic N) is 1. The third kappa shape index (κ3) is 6.40. The second-order valence-electron chi connectivity index (χ2n) is 8.06. The van der Waals surface area contributed by atoms with E-state index in [0.29, 0.717) is 10.8 Å². The summed E-state index contributed by atoms with van der Waals surface area (Å²) in [7, 11) is 0. The number of ether oxygens (including phenoxy) is 1. The molecule has 0 aliphatic heterocycles. The Kier molecular flexibility index (Phi) is 7.08. The average molecular weight is 439 g/mol. The molecule has 160 valence electrons. The Morgan fingerprint density at radius 1 is 1.10 bits per heavy atom. The van der Waals surface area contributed by atoms with Crippen molar-refractivity contribution in [2.75, 3.05) is 11.9 Å². The van der Waals surface area contributed by atoms with Crippen molar-refractivity contribution < 1.29 is 13.9 Å². The maximum absolute atomic E-state index is 13.6. The Balaban J connectivity index is 1.59. The molecule has 31 heavy (non-hydrogen) atoms. The van der Waals surface area contributed by atoms with E-state index in [2.05, 4.69) is 43.2 Å². The van der Waals surface area contributed by atoms with E-state index in [1.54, 1.807) is 36.5 Å². The Labute approximate surface area is 186 Å². The van der Waals surface area contributed by atoms with Crippen molar-refractivity contribution in [1.29, 1.82) is 0 Å². The molecule has 3 aromatic carbocycles. The fourth-order valence-electron chi connectivity index (χ4n) is 2.80. The van der Waals surface area contributed by atoms with Gasteiger partial charge in [-0.15, -0.1) is 0 Å². The van der Waals surface area contributed by atoms with Crippen molar-refractivity contribution in [1.82, 2.24) is 0 Å². The van der Waals surface area contributed by atoms with Crippen molar-refractivity contribution in [2.24, 2.45) is 4.99 Å². The summed E-state index contributed by atoms with van der Waals surface area (Å²) < 4.78 is 19.1. The zero-order valence-electron chi connectivity index (χ0n) is 17.7. The normalized spacial score (nSPS) is 11.5. The molecule has 0 heterocycles. The highest BCUT2D eigenvalue weighted by molar-refractivity contribution is 6.32. The Morgan fingerprint density at radius 2 is 1.81 bits per heavy atom. The predicted molar refractivity (Wildman–Crippen MR) is 124 cm³/mol. The summed E-state index contributed by atoms with van der Waals surface area (Å²) in [5, 5.41) is 2.81. The van der Waals surface area contributed by atoms with Crippen LogP contribution < -0.4 is 10.1 Å². The molecule has 4 nitrogen and oxygen atoms in total. The van der Waals surface area contributed by atoms with Crippen molar-refractivity contribution in [2.45, 2.75) is 26.2 Å². The molecule has 0 fully saturated rings. The number of halogens is 2. The summed E-state index contributed by atoms with van der Waals surface area (Å²) in [6, 6.07) is 19.2. The second kappa shape index (κ2) is 9.75. The summed E-state index contributed by atoms with van der Waals surface area (Å²) in [6.45, 7) is 6.21. The maximum atomic E-state index is 13.6. The van der Waals surface area contributed by atoms with Gasteiger partial charge in [0.15, 0.2) is 6.61 Å². The highest BCUT2D eigenvalue weighted by Crippen LogP contribution is 2.26. The first-order valence-electron chi connectivity index (χ1n) is 9.84. The number of anilines is 1. The maximum Gasteiger partial charge on any atom is 0.262 e. The Bertz CT molecular complexity index is 1090. The molecular weight excluding hydrogens is 415 g/mol. The molecular formula is C25H24ClFN2O2. The van der Waals surface area contributed by atoms with Gasteiger partial charge in [0.05, 0.1) is 16.4 Å². The number of para-hydroxylation sites is 1. The van der Waals surface area contributed by atoms with Gasteiger partial charge in [-0.3, -0.25) is 9.79 Å². The van der Waals surface area contributed by atoms with Crippen molar-refractivity contribution in [3.8, 4) is 5.75 Å². The second-order valence-corrected chi connectivity index (χ2v) is 8.47. The largest absolute Gasteiger partial charge is 0.482 e. The lowest BCUT2D eigenvalue weighted by Crippen LogP contribution is -2.20. The van der Waals surface area contributed by atoms with Crippen LogP contribution in [-0.4, -0.2) is 18.7 Å². The van der Waals surface area contributed by atoms with Gasteiger partial charge in [-0.25, -0.2) is 4.39 Å². The van der Waals surface area contributed by atoms with Gasteiger partial charge in [-0.2, -0.15) is 0 Å². The minimum absolute atomic E-state index is 0.0950.